The fourth-order valence-electron chi connectivity index (χ4n) is 6.15. The number of aromatic nitrogens is 2. The number of imidazole rings is 1. The van der Waals surface area contributed by atoms with Crippen molar-refractivity contribution in [3.63, 3.8) is 0 Å². The highest BCUT2D eigenvalue weighted by atomic mass is 19.1. The Kier molecular flexibility index (Phi) is 5.41. The van der Waals surface area contributed by atoms with Crippen LogP contribution in [0.3, 0.4) is 0 Å². The molecule has 1 saturated heterocycles. The third-order valence-corrected chi connectivity index (χ3v) is 7.86. The third kappa shape index (κ3) is 3.64. The second-order valence-electron chi connectivity index (χ2n) is 9.74. The quantitative estimate of drug-likeness (QED) is 0.435. The van der Waals surface area contributed by atoms with Crippen molar-refractivity contribution in [3.05, 3.63) is 96.1 Å². The number of amides is 1. The first-order valence-electron chi connectivity index (χ1n) is 12.4. The summed E-state index contributed by atoms with van der Waals surface area (Å²) in [6.45, 7) is 0.475. The van der Waals surface area contributed by atoms with Gasteiger partial charge in [0.15, 0.2) is 5.69 Å². The Hall–Kier alpha value is -3.51. The molecule has 35 heavy (non-hydrogen) atoms. The molecule has 3 heterocycles. The first-order valence-corrected chi connectivity index (χ1v) is 12.4. The number of benzene rings is 2. The molecule has 6 heteroatoms. The van der Waals surface area contributed by atoms with Crippen molar-refractivity contribution in [1.29, 1.82) is 0 Å². The maximum atomic E-state index is 14.0. The van der Waals surface area contributed by atoms with Crippen molar-refractivity contribution in [3.8, 4) is 11.4 Å². The zero-order valence-electron chi connectivity index (χ0n) is 19.5. The van der Waals surface area contributed by atoms with E-state index in [2.05, 4.69) is 0 Å². The van der Waals surface area contributed by atoms with Crippen LogP contribution in [0.15, 0.2) is 79.0 Å². The largest absolute Gasteiger partial charge is 0.385 e. The number of pyridine rings is 1. The molecule has 1 N–H and O–H groups in total. The molecule has 1 aliphatic carbocycles. The monoisotopic (exact) mass is 469 g/mol. The molecule has 1 saturated carbocycles. The summed E-state index contributed by atoms with van der Waals surface area (Å²) in [6.07, 6.45) is 6.25. The van der Waals surface area contributed by atoms with E-state index in [9.17, 15) is 14.3 Å². The maximum Gasteiger partial charge on any atom is 0.274 e. The number of likely N-dealkylation sites (tertiary alicyclic amines) is 1. The number of hydrogen-bond donors (Lipinski definition) is 1. The predicted octanol–water partition coefficient (Wildman–Crippen LogP) is 5.43. The van der Waals surface area contributed by atoms with Crippen molar-refractivity contribution < 1.29 is 14.3 Å². The van der Waals surface area contributed by atoms with Gasteiger partial charge in [-0.15, -0.1) is 0 Å². The second kappa shape index (κ2) is 8.61. The Bertz CT molecular complexity index is 1370. The lowest BCUT2D eigenvalue weighted by molar-refractivity contribution is -0.110. The molecule has 2 aromatic carbocycles. The van der Waals surface area contributed by atoms with Gasteiger partial charge in [0.25, 0.3) is 5.91 Å². The molecular formula is C29H28FN3O2. The first kappa shape index (κ1) is 22.0. The van der Waals surface area contributed by atoms with Gasteiger partial charge in [-0.25, -0.2) is 9.37 Å². The van der Waals surface area contributed by atoms with E-state index in [0.717, 1.165) is 42.3 Å². The summed E-state index contributed by atoms with van der Waals surface area (Å²) in [5, 5.41) is 11.9. The molecule has 0 bridgehead atoms. The summed E-state index contributed by atoms with van der Waals surface area (Å²) in [5.41, 5.74) is 1.89. The molecule has 1 aliphatic heterocycles. The van der Waals surface area contributed by atoms with Crippen molar-refractivity contribution in [2.45, 2.75) is 43.7 Å². The highest BCUT2D eigenvalue weighted by Gasteiger charge is 2.50. The lowest BCUT2D eigenvalue weighted by Crippen LogP contribution is -2.59. The minimum absolute atomic E-state index is 0.0122. The summed E-state index contributed by atoms with van der Waals surface area (Å²) in [7, 11) is 0. The van der Waals surface area contributed by atoms with Crippen molar-refractivity contribution in [2.75, 3.05) is 6.54 Å². The van der Waals surface area contributed by atoms with E-state index in [1.54, 1.807) is 12.1 Å². The van der Waals surface area contributed by atoms with Crippen LogP contribution in [0.1, 0.15) is 48.2 Å². The Balaban J connectivity index is 1.39. The van der Waals surface area contributed by atoms with Crippen LogP contribution in [0, 0.1) is 11.7 Å². The Morgan fingerprint density at radius 1 is 0.971 bits per heavy atom. The van der Waals surface area contributed by atoms with Gasteiger partial charge in [-0.1, -0.05) is 49.2 Å². The highest BCUT2D eigenvalue weighted by Crippen LogP contribution is 2.47. The van der Waals surface area contributed by atoms with E-state index in [1.807, 2.05) is 64.0 Å². The van der Waals surface area contributed by atoms with E-state index < -0.39 is 5.60 Å². The predicted molar refractivity (Wildman–Crippen MR) is 132 cm³/mol. The number of aliphatic hydroxyl groups is 1. The Morgan fingerprint density at radius 2 is 1.71 bits per heavy atom. The highest BCUT2D eigenvalue weighted by molar-refractivity contribution is 6.00. The molecule has 2 fully saturated rings. The van der Waals surface area contributed by atoms with Crippen LogP contribution in [-0.4, -0.2) is 37.9 Å². The van der Waals surface area contributed by atoms with Gasteiger partial charge in [-0.3, -0.25) is 9.20 Å². The fourth-order valence-corrected chi connectivity index (χ4v) is 6.15. The molecule has 2 aliphatic rings. The van der Waals surface area contributed by atoms with Gasteiger partial charge in [-0.2, -0.15) is 0 Å². The van der Waals surface area contributed by atoms with Crippen molar-refractivity contribution in [1.82, 2.24) is 14.3 Å². The molecule has 1 amide bonds. The summed E-state index contributed by atoms with van der Waals surface area (Å²) in [4.78, 5) is 20.8. The van der Waals surface area contributed by atoms with Crippen LogP contribution >= 0.6 is 0 Å². The van der Waals surface area contributed by atoms with Gasteiger partial charge >= 0.3 is 0 Å². The first-order chi connectivity index (χ1) is 17.1. The number of halogens is 1. The minimum atomic E-state index is -0.932. The van der Waals surface area contributed by atoms with Crippen LogP contribution in [0.25, 0.3) is 16.9 Å². The molecule has 4 aromatic rings. The molecule has 3 atom stereocenters. The van der Waals surface area contributed by atoms with Crippen LogP contribution in [0.2, 0.25) is 0 Å². The second-order valence-corrected chi connectivity index (χ2v) is 9.74. The standard InChI is InChI=1S/C29H28FN3O2/c30-22-15-13-20(14-16-22)27-31-26(25-12-6-7-18-32(25)27)28(34)33-19-17-29(35,21-8-2-1-3-9-21)23-10-4-5-11-24(23)33/h1-3,6-9,12-16,18,23-24,35H,4-5,10-11,17,19H2/t23?,24-,29+/m0/s1. The van der Waals surface area contributed by atoms with Gasteiger partial charge in [-0.05, 0) is 61.2 Å². The van der Waals surface area contributed by atoms with Crippen LogP contribution in [0.4, 0.5) is 4.39 Å². The Labute approximate surface area is 203 Å². The minimum Gasteiger partial charge on any atom is -0.385 e. The van der Waals surface area contributed by atoms with Crippen LogP contribution in [-0.2, 0) is 5.60 Å². The van der Waals surface area contributed by atoms with E-state index in [-0.39, 0.29) is 23.7 Å². The molecule has 6 rings (SSSR count). The number of fused-ring (bicyclic) bond motifs is 2. The van der Waals surface area contributed by atoms with Gasteiger partial charge in [0.2, 0.25) is 0 Å². The normalized spacial score (nSPS) is 24.3. The summed E-state index contributed by atoms with van der Waals surface area (Å²) < 4.78 is 15.4. The molecular weight excluding hydrogens is 441 g/mol. The molecule has 5 nitrogen and oxygen atoms in total. The third-order valence-electron chi connectivity index (χ3n) is 7.86. The molecule has 2 aromatic heterocycles. The van der Waals surface area contributed by atoms with E-state index >= 15 is 0 Å². The molecule has 0 radical (unpaired) electrons. The molecule has 1 unspecified atom stereocenters. The zero-order valence-corrected chi connectivity index (χ0v) is 19.5. The summed E-state index contributed by atoms with van der Waals surface area (Å²) in [6, 6.07) is 21.7. The van der Waals surface area contributed by atoms with Gasteiger partial charge in [0.1, 0.15) is 11.6 Å². The molecule has 178 valence electrons. The van der Waals surface area contributed by atoms with Crippen molar-refractivity contribution in [2.24, 2.45) is 5.92 Å². The lowest BCUT2D eigenvalue weighted by Gasteiger charge is -2.52. The number of carbonyl (C=O) groups is 1. The van der Waals surface area contributed by atoms with Gasteiger partial charge in [0, 0.05) is 30.3 Å². The van der Waals surface area contributed by atoms with Crippen LogP contribution in [0.5, 0.6) is 0 Å². The maximum absolute atomic E-state index is 14.0. The number of nitrogens with zero attached hydrogens (tertiary/aromatic N) is 3. The number of piperidine rings is 1. The molecule has 0 spiro atoms. The van der Waals surface area contributed by atoms with Gasteiger partial charge < -0.3 is 10.0 Å². The average Bonchev–Trinajstić information content (AvgIpc) is 3.29. The topological polar surface area (TPSA) is 57.8 Å². The Morgan fingerprint density at radius 3 is 2.51 bits per heavy atom. The number of hydrogen-bond acceptors (Lipinski definition) is 3. The lowest BCUT2D eigenvalue weighted by atomic mass is 9.66. The van der Waals surface area contributed by atoms with Crippen LogP contribution < -0.4 is 0 Å². The zero-order chi connectivity index (χ0) is 24.0. The summed E-state index contributed by atoms with van der Waals surface area (Å²) in [5.74, 6) is 0.186. The van der Waals surface area contributed by atoms with E-state index in [0.29, 0.717) is 24.5 Å². The average molecular weight is 470 g/mol. The van der Waals surface area contributed by atoms with E-state index in [1.165, 1.54) is 12.1 Å². The van der Waals surface area contributed by atoms with Crippen molar-refractivity contribution >= 4 is 11.4 Å². The number of carbonyl (C=O) groups excluding carboxylic acids is 1. The van der Waals surface area contributed by atoms with E-state index in [4.69, 9.17) is 4.98 Å². The number of rotatable bonds is 3. The van der Waals surface area contributed by atoms with Gasteiger partial charge in [0.05, 0.1) is 11.1 Å². The SMILES string of the molecule is O=C(c1nc(-c2ccc(F)cc2)n2ccccc12)N1CC[C@@](O)(c2ccccc2)C2CCCC[C@@H]21. The smallest absolute Gasteiger partial charge is 0.274 e. The summed E-state index contributed by atoms with van der Waals surface area (Å²) >= 11 is 0. The fraction of sp³-hybridized carbons (Fsp3) is 0.310.